The van der Waals surface area contributed by atoms with Gasteiger partial charge in [0.05, 0.1) is 11.5 Å². The maximum absolute atomic E-state index is 13.8. The number of carbonyl (C=O) groups is 1. The first kappa shape index (κ1) is 26.8. The van der Waals surface area contributed by atoms with E-state index in [1.165, 1.54) is 28.5 Å². The highest BCUT2D eigenvalue weighted by Crippen LogP contribution is 2.38. The number of piperidine rings is 1. The number of halogens is 1. The Labute approximate surface area is 225 Å². The molecule has 0 radical (unpaired) electrons. The van der Waals surface area contributed by atoms with Crippen molar-refractivity contribution in [3.63, 3.8) is 0 Å². The maximum atomic E-state index is 13.8. The second kappa shape index (κ2) is 11.9. The van der Waals surface area contributed by atoms with Gasteiger partial charge in [-0.05, 0) is 79.7 Å². The number of fused-ring (bicyclic) bond motifs is 1. The Morgan fingerprint density at radius 3 is 2.32 bits per heavy atom. The number of piperazine rings is 1. The van der Waals surface area contributed by atoms with E-state index in [-0.39, 0.29) is 11.7 Å². The van der Waals surface area contributed by atoms with Crippen LogP contribution in [0.25, 0.3) is 10.8 Å². The molecule has 0 spiro atoms. The third-order valence-corrected chi connectivity index (χ3v) is 8.57. The van der Waals surface area contributed by atoms with Crippen molar-refractivity contribution in [3.05, 3.63) is 83.7 Å². The number of aliphatic hydroxyl groups is 1. The van der Waals surface area contributed by atoms with Gasteiger partial charge < -0.3 is 14.9 Å². The zero-order valence-corrected chi connectivity index (χ0v) is 22.5. The molecule has 1 amide bonds. The zero-order chi connectivity index (χ0) is 26.5. The molecule has 5 nitrogen and oxygen atoms in total. The summed E-state index contributed by atoms with van der Waals surface area (Å²) in [7, 11) is 2.04. The van der Waals surface area contributed by atoms with Crippen LogP contribution in [0.15, 0.2) is 66.7 Å². The molecule has 3 aromatic rings. The highest BCUT2D eigenvalue weighted by molar-refractivity contribution is 5.86. The molecule has 2 fully saturated rings. The highest BCUT2D eigenvalue weighted by Gasteiger charge is 2.45. The number of unbranched alkanes of at least 4 members (excludes halogenated alkanes) is 1. The van der Waals surface area contributed by atoms with Crippen molar-refractivity contribution in [2.75, 3.05) is 52.9 Å². The number of hydrogen-bond acceptors (Lipinski definition) is 4. The van der Waals surface area contributed by atoms with E-state index in [0.717, 1.165) is 52.0 Å². The van der Waals surface area contributed by atoms with Gasteiger partial charge in [-0.1, -0.05) is 54.6 Å². The van der Waals surface area contributed by atoms with Crippen LogP contribution in [0, 0.1) is 5.82 Å². The van der Waals surface area contributed by atoms with Gasteiger partial charge in [0.25, 0.3) is 0 Å². The molecule has 3 aromatic carbocycles. The Morgan fingerprint density at radius 2 is 1.58 bits per heavy atom. The van der Waals surface area contributed by atoms with E-state index in [9.17, 15) is 14.3 Å². The quantitative estimate of drug-likeness (QED) is 0.441. The Balaban J connectivity index is 1.15. The monoisotopic (exact) mass is 517 g/mol. The second-order valence-corrected chi connectivity index (χ2v) is 11.2. The van der Waals surface area contributed by atoms with Crippen LogP contribution >= 0.6 is 0 Å². The van der Waals surface area contributed by atoms with Gasteiger partial charge in [0.15, 0.2) is 0 Å². The summed E-state index contributed by atoms with van der Waals surface area (Å²) in [4.78, 5) is 20.4. The molecule has 1 N–H and O–H groups in total. The first-order valence-corrected chi connectivity index (χ1v) is 14.1. The number of carbonyl (C=O) groups excluding carboxylic acids is 1. The standard InChI is InChI=1S/C32H40FN3O2/c1-34-19-16-32(38,17-20-34)30(27-12-14-28(33)15-13-27)31(37)36-23-21-35(22-24-36)18-5-4-8-26-10-6-9-25-7-2-3-11-29(25)26/h2-3,6-7,9-15,30,38H,4-5,8,16-24H2,1H3. The molecule has 2 saturated heterocycles. The summed E-state index contributed by atoms with van der Waals surface area (Å²) < 4.78 is 13.7. The minimum Gasteiger partial charge on any atom is -0.389 e. The number of amides is 1. The van der Waals surface area contributed by atoms with E-state index in [4.69, 9.17) is 0 Å². The molecular formula is C32H40FN3O2. The number of likely N-dealkylation sites (tertiary alicyclic amines) is 1. The van der Waals surface area contributed by atoms with Crippen LogP contribution < -0.4 is 0 Å². The summed E-state index contributed by atoms with van der Waals surface area (Å²) in [6.07, 6.45) is 4.42. The summed E-state index contributed by atoms with van der Waals surface area (Å²) >= 11 is 0. The fraction of sp³-hybridized carbons (Fsp3) is 0.469. The van der Waals surface area contributed by atoms with Gasteiger partial charge >= 0.3 is 0 Å². The van der Waals surface area contributed by atoms with Crippen LogP contribution in [0.1, 0.15) is 42.7 Å². The molecule has 1 atom stereocenters. The third kappa shape index (κ3) is 6.09. The molecule has 2 aliphatic heterocycles. The maximum Gasteiger partial charge on any atom is 0.233 e. The largest absolute Gasteiger partial charge is 0.389 e. The van der Waals surface area contributed by atoms with Crippen molar-refractivity contribution in [2.45, 2.75) is 43.6 Å². The highest BCUT2D eigenvalue weighted by atomic mass is 19.1. The number of rotatable bonds is 8. The van der Waals surface area contributed by atoms with Crippen molar-refractivity contribution in [1.29, 1.82) is 0 Å². The predicted octanol–water partition coefficient (Wildman–Crippen LogP) is 4.69. The lowest BCUT2D eigenvalue weighted by molar-refractivity contribution is -0.144. The van der Waals surface area contributed by atoms with Crippen LogP contribution in [-0.2, 0) is 11.2 Å². The smallest absolute Gasteiger partial charge is 0.233 e. The van der Waals surface area contributed by atoms with E-state index in [1.54, 1.807) is 12.1 Å². The lowest BCUT2D eigenvalue weighted by Crippen LogP contribution is -2.55. The number of nitrogens with zero attached hydrogens (tertiary/aromatic N) is 3. The minimum atomic E-state index is -1.11. The molecule has 0 aromatic heterocycles. The molecular weight excluding hydrogens is 477 g/mol. The predicted molar refractivity (Wildman–Crippen MR) is 151 cm³/mol. The van der Waals surface area contributed by atoms with Crippen LogP contribution in [0.3, 0.4) is 0 Å². The first-order valence-electron chi connectivity index (χ1n) is 14.1. The molecule has 6 heteroatoms. The SMILES string of the molecule is CN1CCC(O)(C(C(=O)N2CCN(CCCCc3cccc4ccccc34)CC2)c2ccc(F)cc2)CC1. The van der Waals surface area contributed by atoms with Gasteiger partial charge in [0.2, 0.25) is 5.91 Å². The Kier molecular flexibility index (Phi) is 8.42. The van der Waals surface area contributed by atoms with Crippen molar-refractivity contribution in [2.24, 2.45) is 0 Å². The van der Waals surface area contributed by atoms with E-state index in [2.05, 4.69) is 52.3 Å². The van der Waals surface area contributed by atoms with E-state index >= 15 is 0 Å². The van der Waals surface area contributed by atoms with E-state index < -0.39 is 11.5 Å². The minimum absolute atomic E-state index is 0.0285. The summed E-state index contributed by atoms with van der Waals surface area (Å²) in [5, 5.41) is 14.3. The van der Waals surface area contributed by atoms with Gasteiger partial charge in [-0.2, -0.15) is 0 Å². The van der Waals surface area contributed by atoms with Gasteiger partial charge in [-0.15, -0.1) is 0 Å². The molecule has 0 bridgehead atoms. The van der Waals surface area contributed by atoms with Crippen molar-refractivity contribution in [3.8, 4) is 0 Å². The van der Waals surface area contributed by atoms with Gasteiger partial charge in [-0.3, -0.25) is 9.69 Å². The lowest BCUT2D eigenvalue weighted by atomic mass is 9.75. The van der Waals surface area contributed by atoms with Crippen LogP contribution in [0.4, 0.5) is 4.39 Å². The topological polar surface area (TPSA) is 47.0 Å². The second-order valence-electron chi connectivity index (χ2n) is 11.2. The van der Waals surface area contributed by atoms with Crippen molar-refractivity contribution >= 4 is 16.7 Å². The van der Waals surface area contributed by atoms with Gasteiger partial charge in [0, 0.05) is 39.3 Å². The molecule has 5 rings (SSSR count). The molecule has 2 aliphatic rings. The fourth-order valence-corrected chi connectivity index (χ4v) is 6.17. The molecule has 2 heterocycles. The molecule has 1 unspecified atom stereocenters. The Morgan fingerprint density at radius 1 is 0.895 bits per heavy atom. The third-order valence-electron chi connectivity index (χ3n) is 8.57. The van der Waals surface area contributed by atoms with Crippen molar-refractivity contribution in [1.82, 2.24) is 14.7 Å². The summed E-state index contributed by atoms with van der Waals surface area (Å²) in [5.41, 5.74) is 1.01. The molecule has 0 saturated carbocycles. The first-order chi connectivity index (χ1) is 18.4. The van der Waals surface area contributed by atoms with Crippen molar-refractivity contribution < 1.29 is 14.3 Å². The van der Waals surface area contributed by atoms with Crippen LogP contribution in [0.5, 0.6) is 0 Å². The van der Waals surface area contributed by atoms with Gasteiger partial charge in [0.1, 0.15) is 5.82 Å². The summed E-state index contributed by atoms with van der Waals surface area (Å²) in [5.74, 6) is -1.02. The average Bonchev–Trinajstić information content (AvgIpc) is 2.94. The van der Waals surface area contributed by atoms with Crippen LogP contribution in [-0.4, -0.2) is 84.2 Å². The van der Waals surface area contributed by atoms with Crippen LogP contribution in [0.2, 0.25) is 0 Å². The summed E-state index contributed by atoms with van der Waals surface area (Å²) in [6.45, 7) is 5.53. The zero-order valence-electron chi connectivity index (χ0n) is 22.5. The number of benzene rings is 3. The van der Waals surface area contributed by atoms with Gasteiger partial charge in [-0.25, -0.2) is 4.39 Å². The Hall–Kier alpha value is -2.80. The molecule has 0 aliphatic carbocycles. The average molecular weight is 518 g/mol. The Bertz CT molecular complexity index is 1210. The fourth-order valence-electron chi connectivity index (χ4n) is 6.17. The molecule has 38 heavy (non-hydrogen) atoms. The molecule has 202 valence electrons. The van der Waals surface area contributed by atoms with E-state index in [0.29, 0.717) is 31.5 Å². The summed E-state index contributed by atoms with van der Waals surface area (Å²) in [6, 6.07) is 21.3. The number of aryl methyl sites for hydroxylation is 1. The number of hydrogen-bond donors (Lipinski definition) is 1. The normalized spacial score (nSPS) is 19.5. The lowest BCUT2D eigenvalue weighted by Gasteiger charge is -2.44. The van der Waals surface area contributed by atoms with E-state index in [1.807, 2.05) is 11.9 Å².